The molecule has 2 aromatic carbocycles. The number of hydrogen-bond acceptors (Lipinski definition) is 8. The second kappa shape index (κ2) is 15.3. The number of amides is 2. The number of pyridine rings is 1. The van der Waals surface area contributed by atoms with E-state index in [0.717, 1.165) is 71.6 Å². The van der Waals surface area contributed by atoms with Gasteiger partial charge in [-0.1, -0.05) is 36.4 Å². The maximum atomic E-state index is 14.4. The number of hydrogen-bond donors (Lipinski definition) is 2. The molecule has 266 valence electrons. The van der Waals surface area contributed by atoms with Gasteiger partial charge < -0.3 is 19.5 Å². The monoisotopic (exact) mass is 689 g/mol. The van der Waals surface area contributed by atoms with Crippen molar-refractivity contribution in [3.05, 3.63) is 106 Å². The van der Waals surface area contributed by atoms with Crippen LogP contribution >= 0.6 is 0 Å². The van der Waals surface area contributed by atoms with E-state index in [-0.39, 0.29) is 30.1 Å². The molecule has 4 aliphatic rings. The Morgan fingerprint density at radius 3 is 2.43 bits per heavy atom. The molecule has 4 heterocycles. The number of piperidine rings is 1. The van der Waals surface area contributed by atoms with Gasteiger partial charge in [0.2, 0.25) is 11.8 Å². The number of phenolic OH excluding ortho intramolecular Hbond substituents is 1. The Hall–Kier alpha value is -4.09. The number of fused-ring (bicyclic) bond motifs is 3. The Kier molecular flexibility index (Phi) is 10.6. The molecule has 2 amide bonds. The van der Waals surface area contributed by atoms with E-state index in [1.54, 1.807) is 18.2 Å². The van der Waals surface area contributed by atoms with E-state index in [1.165, 1.54) is 5.56 Å². The summed E-state index contributed by atoms with van der Waals surface area (Å²) in [7, 11) is 0.609. The van der Waals surface area contributed by atoms with Gasteiger partial charge in [-0.3, -0.25) is 24.4 Å². The summed E-state index contributed by atoms with van der Waals surface area (Å²) in [6.07, 6.45) is 6.83. The van der Waals surface area contributed by atoms with Gasteiger partial charge >= 0.3 is 7.12 Å². The average Bonchev–Trinajstić information content (AvgIpc) is 3.38. The molecule has 3 saturated heterocycles. The smallest absolute Gasteiger partial charge is 0.455 e. The van der Waals surface area contributed by atoms with Gasteiger partial charge in [0.1, 0.15) is 5.75 Å². The van der Waals surface area contributed by atoms with Gasteiger partial charge in [-0.05, 0) is 128 Å². The van der Waals surface area contributed by atoms with Crippen LogP contribution in [0.25, 0.3) is 11.6 Å². The molecule has 0 saturated carbocycles. The first-order valence-corrected chi connectivity index (χ1v) is 18.3. The quantitative estimate of drug-likeness (QED) is 0.155. The van der Waals surface area contributed by atoms with Crippen LogP contribution in [0.5, 0.6) is 5.75 Å². The summed E-state index contributed by atoms with van der Waals surface area (Å²) < 4.78 is 12.0. The molecule has 51 heavy (non-hydrogen) atoms. The highest BCUT2D eigenvalue weighted by Gasteiger charge is 2.58. The van der Waals surface area contributed by atoms with E-state index in [2.05, 4.69) is 40.2 Å². The Morgan fingerprint density at radius 1 is 1.02 bits per heavy atom. The molecule has 3 fully saturated rings. The van der Waals surface area contributed by atoms with E-state index in [9.17, 15) is 19.7 Å². The second-order valence-electron chi connectivity index (χ2n) is 14.7. The highest BCUT2D eigenvalue weighted by molar-refractivity contribution is 6.43. The maximum absolute atomic E-state index is 14.4. The number of methoxy groups -OCH3 is 1. The van der Waals surface area contributed by atoms with Gasteiger partial charge in [-0.25, -0.2) is 0 Å². The summed E-state index contributed by atoms with van der Waals surface area (Å²) in [6, 6.07) is 20.0. The minimum Gasteiger partial charge on any atom is -0.507 e. The lowest BCUT2D eigenvalue weighted by atomic mass is 9.58. The van der Waals surface area contributed by atoms with E-state index in [0.29, 0.717) is 31.6 Å². The number of nitrogens with zero attached hydrogens (tertiary/aromatic N) is 3. The topological polar surface area (TPSA) is 112 Å². The van der Waals surface area contributed by atoms with Gasteiger partial charge in [0, 0.05) is 39.0 Å². The summed E-state index contributed by atoms with van der Waals surface area (Å²) in [5.74, 6) is -1.13. The number of carbonyl (C=O) groups excluding carboxylic acids is 2. The zero-order valence-corrected chi connectivity index (χ0v) is 29.8. The largest absolute Gasteiger partial charge is 0.507 e. The minimum absolute atomic E-state index is 0.0726. The van der Waals surface area contributed by atoms with Crippen molar-refractivity contribution in [2.24, 2.45) is 17.8 Å². The van der Waals surface area contributed by atoms with Crippen molar-refractivity contribution < 1.29 is 29.1 Å². The van der Waals surface area contributed by atoms with Crippen LogP contribution in [0.4, 0.5) is 0 Å². The number of likely N-dealkylation sites (tertiary alicyclic amines) is 2. The van der Waals surface area contributed by atoms with Crippen LogP contribution in [0.2, 0.25) is 6.32 Å². The van der Waals surface area contributed by atoms with Crippen LogP contribution in [0.1, 0.15) is 60.1 Å². The molecule has 1 aliphatic carbocycles. The summed E-state index contributed by atoms with van der Waals surface area (Å²) >= 11 is 0. The fourth-order valence-electron chi connectivity index (χ4n) is 9.02. The second-order valence-corrected chi connectivity index (χ2v) is 14.7. The number of phenols is 1. The number of ether oxygens (including phenoxy) is 1. The van der Waals surface area contributed by atoms with Crippen LogP contribution in [-0.2, 0) is 25.5 Å². The molecule has 2 N–H and O–H groups in total. The highest BCUT2D eigenvalue weighted by Crippen LogP contribution is 2.51. The molecule has 0 unspecified atom stereocenters. The zero-order chi connectivity index (χ0) is 35.6. The lowest BCUT2D eigenvalue weighted by molar-refractivity contribution is -0.144. The van der Waals surface area contributed by atoms with Gasteiger partial charge in [0.25, 0.3) is 0 Å². The summed E-state index contributed by atoms with van der Waals surface area (Å²) in [4.78, 5) is 37.1. The lowest BCUT2D eigenvalue weighted by Gasteiger charge is -2.43. The molecule has 0 spiro atoms. The van der Waals surface area contributed by atoms with Crippen molar-refractivity contribution in [2.75, 3.05) is 26.8 Å². The van der Waals surface area contributed by atoms with Crippen molar-refractivity contribution in [1.29, 1.82) is 0 Å². The third kappa shape index (κ3) is 7.33. The van der Waals surface area contributed by atoms with Crippen LogP contribution in [-0.4, -0.2) is 82.8 Å². The van der Waals surface area contributed by atoms with E-state index in [4.69, 9.17) is 9.39 Å². The van der Waals surface area contributed by atoms with Crippen molar-refractivity contribution in [2.45, 2.75) is 71.0 Å². The number of allylic oxidation sites excluding steroid dienone is 1. The third-order valence-corrected chi connectivity index (χ3v) is 11.4. The first-order valence-electron chi connectivity index (χ1n) is 18.3. The van der Waals surface area contributed by atoms with Crippen LogP contribution in [0.15, 0.2) is 78.0 Å². The summed E-state index contributed by atoms with van der Waals surface area (Å²) in [6.45, 7) is 6.65. The number of imide groups is 1. The van der Waals surface area contributed by atoms with Crippen LogP contribution in [0, 0.1) is 31.6 Å². The van der Waals surface area contributed by atoms with Crippen molar-refractivity contribution >= 4 is 30.6 Å². The summed E-state index contributed by atoms with van der Waals surface area (Å²) in [5.41, 5.74) is 7.70. The number of carbonyl (C=O) groups is 2. The molecule has 0 bridgehead atoms. The van der Waals surface area contributed by atoms with Gasteiger partial charge in [-0.15, -0.1) is 0 Å². The average molecular weight is 690 g/mol. The third-order valence-electron chi connectivity index (χ3n) is 11.4. The van der Waals surface area contributed by atoms with E-state index >= 15 is 0 Å². The van der Waals surface area contributed by atoms with Crippen molar-refractivity contribution in [1.82, 2.24) is 14.8 Å². The molecule has 3 aliphatic heterocycles. The fraction of sp³-hybridized carbons (Fsp3) is 0.439. The fourth-order valence-corrected chi connectivity index (χ4v) is 9.02. The lowest BCUT2D eigenvalue weighted by Crippen LogP contribution is -2.48. The molecule has 9 nitrogen and oxygen atoms in total. The van der Waals surface area contributed by atoms with Crippen molar-refractivity contribution in [3.8, 4) is 5.75 Å². The predicted molar refractivity (Wildman–Crippen MR) is 197 cm³/mol. The highest BCUT2D eigenvalue weighted by atomic mass is 16.5. The molecule has 10 heteroatoms. The Labute approximate surface area is 301 Å². The van der Waals surface area contributed by atoms with Crippen molar-refractivity contribution in [3.63, 3.8) is 0 Å². The Bertz CT molecular complexity index is 1780. The number of aryl methyl sites for hydroxylation is 2. The molecular formula is C41H48BN3O6. The minimum atomic E-state index is -1.05. The standard InChI is InChI=1S/C41H48BN3O6/c1-26-19-29(20-27(2)39(26)46)21-30(35-11-7-8-16-43-35)12-13-36-37-31(25-50-3)22-33-38(34(37)23-42(49)51-36)41(48)45(40(33)47)32-14-17-44(18-15-32)24-28-9-5-4-6-10-28/h4-11,16,19-21,32-34,36,38,46,49H,12-15,17-18,22-25H2,1-3H3/b30-21-/t33-,34+,36-,38-/m1/s1. The van der Waals surface area contributed by atoms with E-state index in [1.807, 2.05) is 50.2 Å². The van der Waals surface area contributed by atoms with E-state index < -0.39 is 25.1 Å². The first kappa shape index (κ1) is 35.3. The Morgan fingerprint density at radius 2 is 1.75 bits per heavy atom. The molecule has 4 atom stereocenters. The molecular weight excluding hydrogens is 641 g/mol. The van der Waals surface area contributed by atoms with Gasteiger partial charge in [-0.2, -0.15) is 0 Å². The SMILES string of the molecule is COCC1=C2[C@@H](CC/C(=C/c3cc(C)c(O)c(C)c3)c3ccccn3)OB(O)C[C@@H]2[C@@H]2C(=O)N(C3CCN(Cc4ccccc4)CC3)C(=O)[C@@H]2C1. The molecule has 3 aromatic rings. The number of rotatable bonds is 10. The zero-order valence-electron chi connectivity index (χ0n) is 29.8. The molecule has 0 radical (unpaired) electrons. The Balaban J connectivity index is 1.12. The van der Waals surface area contributed by atoms with Crippen LogP contribution < -0.4 is 0 Å². The first-order chi connectivity index (χ1) is 24.7. The summed E-state index contributed by atoms with van der Waals surface area (Å²) in [5, 5.41) is 21.5. The number of aromatic nitrogens is 1. The van der Waals surface area contributed by atoms with Crippen LogP contribution in [0.3, 0.4) is 0 Å². The van der Waals surface area contributed by atoms with Gasteiger partial charge in [0.05, 0.1) is 30.2 Å². The molecule has 1 aromatic heterocycles. The predicted octanol–water partition coefficient (Wildman–Crippen LogP) is 5.83. The number of benzene rings is 2. The van der Waals surface area contributed by atoms with Gasteiger partial charge in [0.15, 0.2) is 0 Å². The molecule has 7 rings (SSSR count). The normalized spacial score (nSPS) is 24.7. The number of aromatic hydroxyl groups is 1. The maximum Gasteiger partial charge on any atom is 0.455 e.